The Balaban J connectivity index is 1.45. The molecule has 0 radical (unpaired) electrons. The largest absolute Gasteiger partial charge is 0.337 e. The Bertz CT molecular complexity index is 1030. The molecule has 0 aliphatic carbocycles. The molecule has 4 rings (SSSR count). The van der Waals surface area contributed by atoms with Crippen LogP contribution >= 0.6 is 0 Å². The summed E-state index contributed by atoms with van der Waals surface area (Å²) in [6.07, 6.45) is 6.28. The van der Waals surface area contributed by atoms with Gasteiger partial charge in [0, 0.05) is 25.7 Å². The molecule has 2 aliphatic rings. The molecule has 4 amide bonds. The van der Waals surface area contributed by atoms with E-state index in [0.717, 1.165) is 35.5 Å². The monoisotopic (exact) mass is 409 g/mol. The molecule has 1 aromatic heterocycles. The lowest BCUT2D eigenvalue weighted by atomic mass is 9.98. The second-order valence-corrected chi connectivity index (χ2v) is 7.55. The molecular formula is C21H23N5O4. The topological polar surface area (TPSA) is 127 Å². The van der Waals surface area contributed by atoms with Crippen molar-refractivity contribution in [3.8, 4) is 0 Å². The molecule has 9 heteroatoms. The Morgan fingerprint density at radius 2 is 1.97 bits per heavy atom. The second kappa shape index (κ2) is 8.19. The molecule has 2 aromatic rings. The summed E-state index contributed by atoms with van der Waals surface area (Å²) < 4.78 is 1.98. The standard InChI is InChI=1S/C21H23N5O4/c22-10-14-11-25(12-23-14)9-2-1-4-13-5-3-6-15-18(13)21(30)26(20(15)29)16-7-8-17(27)24-19(16)28/h3,5-6,11-12,16H,1-2,4,7-10,22H2,(H,24,27,28). The number of carbonyl (C=O) groups is 4. The summed E-state index contributed by atoms with van der Waals surface area (Å²) in [5, 5.41) is 2.21. The number of imide groups is 2. The fourth-order valence-corrected chi connectivity index (χ4v) is 4.04. The highest BCUT2D eigenvalue weighted by molar-refractivity contribution is 6.24. The number of nitrogens with one attached hydrogen (secondary N) is 1. The summed E-state index contributed by atoms with van der Waals surface area (Å²) in [4.78, 5) is 54.7. The lowest BCUT2D eigenvalue weighted by Gasteiger charge is -2.27. The Hall–Kier alpha value is -3.33. The third kappa shape index (κ3) is 3.63. The fourth-order valence-electron chi connectivity index (χ4n) is 4.04. The Morgan fingerprint density at radius 3 is 2.70 bits per heavy atom. The number of unbranched alkanes of at least 4 members (excludes halogenated alkanes) is 1. The number of piperidine rings is 1. The average molecular weight is 409 g/mol. The maximum absolute atomic E-state index is 13.1. The van der Waals surface area contributed by atoms with Crippen LogP contribution in [-0.2, 0) is 29.1 Å². The van der Waals surface area contributed by atoms with Crippen molar-refractivity contribution in [3.63, 3.8) is 0 Å². The van der Waals surface area contributed by atoms with Crippen LogP contribution in [0.4, 0.5) is 0 Å². The first-order valence-corrected chi connectivity index (χ1v) is 10.0. The van der Waals surface area contributed by atoms with Gasteiger partial charge in [-0.05, 0) is 37.3 Å². The van der Waals surface area contributed by atoms with E-state index >= 15 is 0 Å². The van der Waals surface area contributed by atoms with Crippen LogP contribution in [-0.4, -0.2) is 44.1 Å². The van der Waals surface area contributed by atoms with Crippen LogP contribution in [0.25, 0.3) is 0 Å². The van der Waals surface area contributed by atoms with Crippen molar-refractivity contribution in [2.45, 2.75) is 51.2 Å². The molecule has 0 spiro atoms. The van der Waals surface area contributed by atoms with E-state index in [9.17, 15) is 19.2 Å². The van der Waals surface area contributed by atoms with Gasteiger partial charge in [0.15, 0.2) is 0 Å². The van der Waals surface area contributed by atoms with Crippen LogP contribution in [0.15, 0.2) is 30.7 Å². The molecule has 30 heavy (non-hydrogen) atoms. The van der Waals surface area contributed by atoms with Crippen molar-refractivity contribution in [1.82, 2.24) is 19.8 Å². The van der Waals surface area contributed by atoms with E-state index in [2.05, 4.69) is 10.3 Å². The molecule has 1 aromatic carbocycles. The number of fused-ring (bicyclic) bond motifs is 1. The van der Waals surface area contributed by atoms with Gasteiger partial charge in [-0.3, -0.25) is 29.4 Å². The molecular weight excluding hydrogens is 386 g/mol. The van der Waals surface area contributed by atoms with Crippen LogP contribution in [0.2, 0.25) is 0 Å². The van der Waals surface area contributed by atoms with Crippen LogP contribution in [0.5, 0.6) is 0 Å². The van der Waals surface area contributed by atoms with Gasteiger partial charge < -0.3 is 10.3 Å². The summed E-state index contributed by atoms with van der Waals surface area (Å²) in [7, 11) is 0. The van der Waals surface area contributed by atoms with E-state index in [1.54, 1.807) is 18.5 Å². The van der Waals surface area contributed by atoms with Gasteiger partial charge in [0.2, 0.25) is 11.8 Å². The first-order valence-electron chi connectivity index (χ1n) is 10.0. The summed E-state index contributed by atoms with van der Waals surface area (Å²) in [6, 6.07) is 4.28. The number of nitrogens with zero attached hydrogens (tertiary/aromatic N) is 3. The van der Waals surface area contributed by atoms with Crippen LogP contribution in [0, 0.1) is 0 Å². The van der Waals surface area contributed by atoms with Crippen LogP contribution in [0.3, 0.4) is 0 Å². The predicted octanol–water partition coefficient (Wildman–Crippen LogP) is 0.766. The van der Waals surface area contributed by atoms with E-state index in [-0.39, 0.29) is 18.7 Å². The summed E-state index contributed by atoms with van der Waals surface area (Å²) in [6.45, 7) is 1.19. The van der Waals surface area contributed by atoms with Crippen molar-refractivity contribution in [1.29, 1.82) is 0 Å². The maximum Gasteiger partial charge on any atom is 0.262 e. The van der Waals surface area contributed by atoms with Crippen molar-refractivity contribution < 1.29 is 19.2 Å². The van der Waals surface area contributed by atoms with Gasteiger partial charge in [0.1, 0.15) is 6.04 Å². The molecule has 0 saturated carbocycles. The van der Waals surface area contributed by atoms with Gasteiger partial charge in [-0.2, -0.15) is 0 Å². The van der Waals surface area contributed by atoms with Crippen LogP contribution < -0.4 is 11.1 Å². The third-order valence-corrected chi connectivity index (χ3v) is 5.56. The normalized spacial score (nSPS) is 18.7. The van der Waals surface area contributed by atoms with Gasteiger partial charge in [-0.1, -0.05) is 12.1 Å². The Labute approximate surface area is 173 Å². The molecule has 3 heterocycles. The van der Waals surface area contributed by atoms with Gasteiger partial charge in [0.05, 0.1) is 23.1 Å². The number of amides is 4. The number of imidazole rings is 1. The quantitative estimate of drug-likeness (QED) is 0.514. The summed E-state index contributed by atoms with van der Waals surface area (Å²) in [5.74, 6) is -1.91. The van der Waals surface area contributed by atoms with E-state index in [0.29, 0.717) is 24.1 Å². The zero-order valence-corrected chi connectivity index (χ0v) is 16.5. The minimum Gasteiger partial charge on any atom is -0.337 e. The summed E-state index contributed by atoms with van der Waals surface area (Å²) in [5.41, 5.74) is 7.91. The lowest BCUT2D eigenvalue weighted by Crippen LogP contribution is -2.54. The van der Waals surface area contributed by atoms with Gasteiger partial charge in [0.25, 0.3) is 11.8 Å². The van der Waals surface area contributed by atoms with E-state index < -0.39 is 23.8 Å². The van der Waals surface area contributed by atoms with E-state index in [4.69, 9.17) is 5.73 Å². The highest BCUT2D eigenvalue weighted by atomic mass is 16.2. The van der Waals surface area contributed by atoms with E-state index in [1.807, 2.05) is 16.8 Å². The van der Waals surface area contributed by atoms with Gasteiger partial charge >= 0.3 is 0 Å². The first kappa shape index (κ1) is 20.0. The Kier molecular flexibility index (Phi) is 5.45. The third-order valence-electron chi connectivity index (χ3n) is 5.56. The molecule has 3 N–H and O–H groups in total. The summed E-state index contributed by atoms with van der Waals surface area (Å²) >= 11 is 0. The van der Waals surface area contributed by atoms with Crippen molar-refractivity contribution in [3.05, 3.63) is 53.1 Å². The molecule has 0 bridgehead atoms. The van der Waals surface area contributed by atoms with Gasteiger partial charge in [-0.15, -0.1) is 0 Å². The highest BCUT2D eigenvalue weighted by Gasteiger charge is 2.45. The molecule has 1 saturated heterocycles. The zero-order valence-electron chi connectivity index (χ0n) is 16.5. The molecule has 156 valence electrons. The molecule has 9 nitrogen and oxygen atoms in total. The fraction of sp³-hybridized carbons (Fsp3) is 0.381. The number of rotatable bonds is 7. The number of nitrogens with two attached hydrogens (primary N) is 1. The van der Waals surface area contributed by atoms with Crippen molar-refractivity contribution in [2.75, 3.05) is 0 Å². The lowest BCUT2D eigenvalue weighted by molar-refractivity contribution is -0.136. The van der Waals surface area contributed by atoms with Crippen LogP contribution in [0.1, 0.15) is 57.7 Å². The number of benzene rings is 1. The van der Waals surface area contributed by atoms with Crippen molar-refractivity contribution >= 4 is 23.6 Å². The highest BCUT2D eigenvalue weighted by Crippen LogP contribution is 2.30. The average Bonchev–Trinajstić information content (AvgIpc) is 3.29. The maximum atomic E-state index is 13.1. The number of hydrogen-bond acceptors (Lipinski definition) is 6. The number of carbonyl (C=O) groups excluding carboxylic acids is 4. The molecule has 1 atom stereocenters. The van der Waals surface area contributed by atoms with E-state index in [1.165, 1.54) is 0 Å². The number of aromatic nitrogens is 2. The molecule has 1 fully saturated rings. The smallest absolute Gasteiger partial charge is 0.262 e. The minimum atomic E-state index is -0.944. The predicted molar refractivity (Wildman–Crippen MR) is 106 cm³/mol. The Morgan fingerprint density at radius 1 is 1.13 bits per heavy atom. The molecule has 1 unspecified atom stereocenters. The molecule has 2 aliphatic heterocycles. The number of aryl methyl sites for hydroxylation is 2. The van der Waals surface area contributed by atoms with Gasteiger partial charge in [-0.25, -0.2) is 4.98 Å². The minimum absolute atomic E-state index is 0.108. The second-order valence-electron chi connectivity index (χ2n) is 7.55. The first-order chi connectivity index (χ1) is 14.5. The number of hydrogen-bond donors (Lipinski definition) is 2. The SMILES string of the molecule is NCc1cn(CCCCc2cccc3c2C(=O)N(C2CCC(=O)NC2=O)C3=O)cn1. The zero-order chi connectivity index (χ0) is 21.3. The van der Waals surface area contributed by atoms with Crippen molar-refractivity contribution in [2.24, 2.45) is 5.73 Å².